The fraction of sp³-hybridized carbons (Fsp3) is 0.217. The molecule has 0 radical (unpaired) electrons. The summed E-state index contributed by atoms with van der Waals surface area (Å²) in [5, 5.41) is 3.31. The molecule has 3 aromatic rings. The van der Waals surface area contributed by atoms with Crippen molar-refractivity contribution < 1.29 is 19.1 Å². The molecule has 154 valence electrons. The summed E-state index contributed by atoms with van der Waals surface area (Å²) in [6.07, 6.45) is 0.615. The third-order valence-corrected chi connectivity index (χ3v) is 5.63. The first kappa shape index (κ1) is 20.0. The minimum absolute atomic E-state index is 0.0491. The zero-order valence-electron chi connectivity index (χ0n) is 16.6. The lowest BCUT2D eigenvalue weighted by molar-refractivity contribution is -0.117. The van der Waals surface area contributed by atoms with Gasteiger partial charge in [-0.05, 0) is 18.6 Å². The number of hydrogen-bond donors (Lipinski definition) is 1. The molecule has 7 heteroatoms. The van der Waals surface area contributed by atoms with E-state index in [1.165, 1.54) is 14.2 Å². The number of rotatable bonds is 6. The van der Waals surface area contributed by atoms with E-state index < -0.39 is 0 Å². The van der Waals surface area contributed by atoms with Gasteiger partial charge < -0.3 is 19.4 Å². The second-order valence-corrected chi connectivity index (χ2v) is 7.41. The first-order valence-electron chi connectivity index (χ1n) is 9.55. The van der Waals surface area contributed by atoms with Crippen LogP contribution in [-0.4, -0.2) is 30.5 Å². The van der Waals surface area contributed by atoms with Gasteiger partial charge >= 0.3 is 0 Å². The van der Waals surface area contributed by atoms with E-state index >= 15 is 0 Å². The lowest BCUT2D eigenvalue weighted by Gasteiger charge is -2.15. The second-order valence-electron chi connectivity index (χ2n) is 7.01. The summed E-state index contributed by atoms with van der Waals surface area (Å²) in [5.41, 5.74) is 2.53. The summed E-state index contributed by atoms with van der Waals surface area (Å²) in [4.78, 5) is 25.9. The Balaban J connectivity index is 1.58. The Morgan fingerprint density at radius 3 is 2.47 bits per heavy atom. The van der Waals surface area contributed by atoms with E-state index in [0.29, 0.717) is 46.4 Å². The van der Waals surface area contributed by atoms with Gasteiger partial charge in [0.05, 0.1) is 36.5 Å². The van der Waals surface area contributed by atoms with Gasteiger partial charge in [0.2, 0.25) is 11.7 Å². The minimum Gasteiger partial charge on any atom is -0.495 e. The van der Waals surface area contributed by atoms with Crippen molar-refractivity contribution in [2.45, 2.75) is 18.9 Å². The molecule has 1 N–H and O–H groups in total. The van der Waals surface area contributed by atoms with Gasteiger partial charge in [-0.15, -0.1) is 0 Å². The highest BCUT2D eigenvalue weighted by Gasteiger charge is 2.32. The predicted octanol–water partition coefficient (Wildman–Crippen LogP) is 4.52. The van der Waals surface area contributed by atoms with Crippen molar-refractivity contribution in [2.75, 3.05) is 19.5 Å². The predicted molar refractivity (Wildman–Crippen MR) is 115 cm³/mol. The summed E-state index contributed by atoms with van der Waals surface area (Å²) in [6, 6.07) is 16.0. The number of ether oxygens (including phenoxy) is 2. The average molecular weight is 425 g/mol. The molecule has 1 aromatic heterocycles. The number of nitrogens with zero attached hydrogens (tertiary/aromatic N) is 1. The average Bonchev–Trinajstić information content (AvgIpc) is 3.37. The molecule has 0 fully saturated rings. The van der Waals surface area contributed by atoms with Crippen molar-refractivity contribution in [3.05, 3.63) is 76.6 Å². The van der Waals surface area contributed by atoms with Gasteiger partial charge in [-0.2, -0.15) is 0 Å². The molecule has 30 heavy (non-hydrogen) atoms. The topological polar surface area (TPSA) is 69.6 Å². The second kappa shape index (κ2) is 8.24. The zero-order chi connectivity index (χ0) is 21.3. The molecule has 1 atom stereocenters. The summed E-state index contributed by atoms with van der Waals surface area (Å²) < 4.78 is 12.5. The maximum Gasteiger partial charge on any atom is 0.233 e. The van der Waals surface area contributed by atoms with E-state index in [1.54, 1.807) is 30.3 Å². The van der Waals surface area contributed by atoms with Crippen LogP contribution < -0.4 is 14.8 Å². The number of anilines is 1. The van der Waals surface area contributed by atoms with E-state index in [-0.39, 0.29) is 17.6 Å². The fourth-order valence-electron chi connectivity index (χ4n) is 3.82. The highest BCUT2D eigenvalue weighted by Crippen LogP contribution is 2.38. The Morgan fingerprint density at radius 2 is 1.77 bits per heavy atom. The van der Waals surface area contributed by atoms with Crippen LogP contribution in [0.25, 0.3) is 0 Å². The van der Waals surface area contributed by atoms with Crippen LogP contribution in [0.2, 0.25) is 5.02 Å². The number of aromatic nitrogens is 1. The molecular formula is C23H21ClN2O4. The van der Waals surface area contributed by atoms with Gasteiger partial charge in [0.15, 0.2) is 0 Å². The molecule has 1 aliphatic rings. The van der Waals surface area contributed by atoms with Crippen molar-refractivity contribution in [1.29, 1.82) is 0 Å². The maximum atomic E-state index is 13.0. The van der Waals surface area contributed by atoms with E-state index in [0.717, 1.165) is 5.69 Å². The van der Waals surface area contributed by atoms with Crippen LogP contribution in [0.4, 0.5) is 5.69 Å². The van der Waals surface area contributed by atoms with Crippen LogP contribution >= 0.6 is 11.6 Å². The lowest BCUT2D eigenvalue weighted by Crippen LogP contribution is -2.20. The highest BCUT2D eigenvalue weighted by atomic mass is 35.5. The number of hydrogen-bond acceptors (Lipinski definition) is 4. The number of nitrogens with one attached hydrogen (secondary N) is 1. The fourth-order valence-corrected chi connectivity index (χ4v) is 4.05. The van der Waals surface area contributed by atoms with Crippen molar-refractivity contribution >= 4 is 29.0 Å². The van der Waals surface area contributed by atoms with Crippen LogP contribution in [0.15, 0.2) is 54.6 Å². The number of ketones is 1. The summed E-state index contributed by atoms with van der Waals surface area (Å²) in [7, 11) is 3.02. The Kier molecular flexibility index (Phi) is 5.50. The molecule has 6 nitrogen and oxygen atoms in total. The SMILES string of the molecule is COc1cc(NC(=O)[C@H]2CCn3c(C(=O)c4ccccc4)ccc32)c(OC)cc1Cl. The van der Waals surface area contributed by atoms with E-state index in [4.69, 9.17) is 21.1 Å². The molecule has 0 bridgehead atoms. The molecule has 1 amide bonds. The normalized spacial score (nSPS) is 14.8. The number of halogens is 1. The first-order chi connectivity index (χ1) is 14.5. The number of amides is 1. The van der Waals surface area contributed by atoms with Crippen LogP contribution in [0.3, 0.4) is 0 Å². The maximum absolute atomic E-state index is 13.0. The van der Waals surface area contributed by atoms with Gasteiger partial charge in [0, 0.05) is 29.9 Å². The van der Waals surface area contributed by atoms with Gasteiger partial charge in [0.1, 0.15) is 11.5 Å². The first-order valence-corrected chi connectivity index (χ1v) is 9.93. The Morgan fingerprint density at radius 1 is 1.03 bits per heavy atom. The van der Waals surface area contributed by atoms with Gasteiger partial charge in [-0.25, -0.2) is 0 Å². The van der Waals surface area contributed by atoms with E-state index in [2.05, 4.69) is 5.32 Å². The highest BCUT2D eigenvalue weighted by molar-refractivity contribution is 6.32. The molecule has 0 unspecified atom stereocenters. The molecule has 0 saturated heterocycles. The van der Waals surface area contributed by atoms with Crippen molar-refractivity contribution in [3.63, 3.8) is 0 Å². The zero-order valence-corrected chi connectivity index (χ0v) is 17.4. The van der Waals surface area contributed by atoms with Gasteiger partial charge in [0.25, 0.3) is 0 Å². The minimum atomic E-state index is -0.367. The molecule has 2 aromatic carbocycles. The number of methoxy groups -OCH3 is 2. The monoisotopic (exact) mass is 424 g/mol. The van der Waals surface area contributed by atoms with E-state index in [1.807, 2.05) is 28.8 Å². The van der Waals surface area contributed by atoms with Crippen LogP contribution in [0, 0.1) is 0 Å². The van der Waals surface area contributed by atoms with Crippen molar-refractivity contribution in [3.8, 4) is 11.5 Å². The third-order valence-electron chi connectivity index (χ3n) is 5.33. The largest absolute Gasteiger partial charge is 0.495 e. The Labute approximate surface area is 179 Å². The molecule has 0 saturated carbocycles. The van der Waals surface area contributed by atoms with Crippen molar-refractivity contribution in [2.24, 2.45) is 0 Å². The standard InChI is InChI=1S/C23H21ClN2O4/c1-29-20-13-17(21(30-2)12-16(20)24)25-23(28)15-10-11-26-18(15)8-9-19(26)22(27)14-6-4-3-5-7-14/h3-9,12-13,15H,10-11H2,1-2H3,(H,25,28)/t15-/m0/s1. The quantitative estimate of drug-likeness (QED) is 0.591. The number of carbonyl (C=O) groups is 2. The summed E-state index contributed by atoms with van der Waals surface area (Å²) in [6.45, 7) is 0.607. The van der Waals surface area contributed by atoms with Gasteiger partial charge in [-0.3, -0.25) is 9.59 Å². The third kappa shape index (κ3) is 3.55. The number of fused-ring (bicyclic) bond motifs is 1. The van der Waals surface area contributed by atoms with Crippen molar-refractivity contribution in [1.82, 2.24) is 4.57 Å². The van der Waals surface area contributed by atoms with Crippen LogP contribution in [0.5, 0.6) is 11.5 Å². The van der Waals surface area contributed by atoms with E-state index in [9.17, 15) is 9.59 Å². The summed E-state index contributed by atoms with van der Waals surface area (Å²) in [5.74, 6) is 0.301. The number of benzene rings is 2. The molecule has 0 aliphatic carbocycles. The molecular weight excluding hydrogens is 404 g/mol. The smallest absolute Gasteiger partial charge is 0.233 e. The molecule has 2 heterocycles. The van der Waals surface area contributed by atoms with Crippen LogP contribution in [0.1, 0.15) is 34.1 Å². The van der Waals surface area contributed by atoms with Gasteiger partial charge in [-0.1, -0.05) is 41.9 Å². The number of carbonyl (C=O) groups excluding carboxylic acids is 2. The van der Waals surface area contributed by atoms with Crippen LogP contribution in [-0.2, 0) is 11.3 Å². The summed E-state index contributed by atoms with van der Waals surface area (Å²) >= 11 is 6.14. The molecule has 0 spiro atoms. The Hall–Kier alpha value is -3.25. The Bertz CT molecular complexity index is 1110. The molecule has 1 aliphatic heterocycles. The lowest BCUT2D eigenvalue weighted by atomic mass is 10.0. The molecule has 4 rings (SSSR count).